The first-order valence-corrected chi connectivity index (χ1v) is 7.87. The maximum atomic E-state index is 12.5. The first kappa shape index (κ1) is 16.6. The highest BCUT2D eigenvalue weighted by atomic mass is 32.2. The molecule has 20 heavy (non-hydrogen) atoms. The van der Waals surface area contributed by atoms with Crippen LogP contribution in [0.1, 0.15) is 28.4 Å². The molecular weight excluding hydrogens is 270 g/mol. The van der Waals surface area contributed by atoms with Crippen LogP contribution in [0.15, 0.2) is 18.2 Å². The maximum Gasteiger partial charge on any atom is 0.254 e. The van der Waals surface area contributed by atoms with Gasteiger partial charge in [-0.1, -0.05) is 17.9 Å². The topological polar surface area (TPSA) is 40.5 Å². The van der Waals surface area contributed by atoms with Crippen molar-refractivity contribution in [1.82, 2.24) is 4.90 Å². The summed E-state index contributed by atoms with van der Waals surface area (Å²) in [5, 5.41) is 8.77. The van der Waals surface area contributed by atoms with Gasteiger partial charge >= 0.3 is 0 Å². The molecule has 1 rings (SSSR count). The monoisotopic (exact) mass is 291 g/mol. The standard InChI is InChI=1S/C16H21NO2S/c1-12(11-20-4)17(3)16(19)15-9-5-7-14(13(15)2)8-6-10-18/h5,7,9,12,18H,10-11H2,1-4H3. The fourth-order valence-electron chi connectivity index (χ4n) is 1.88. The van der Waals surface area contributed by atoms with Gasteiger partial charge in [-0.05, 0) is 37.8 Å². The van der Waals surface area contributed by atoms with Gasteiger partial charge in [-0.3, -0.25) is 4.79 Å². The number of aliphatic hydroxyl groups excluding tert-OH is 1. The average molecular weight is 291 g/mol. The number of carbonyl (C=O) groups excluding carboxylic acids is 1. The summed E-state index contributed by atoms with van der Waals surface area (Å²) in [7, 11) is 1.83. The highest BCUT2D eigenvalue weighted by Gasteiger charge is 2.19. The number of amides is 1. The molecule has 0 aliphatic carbocycles. The Balaban J connectivity index is 3.05. The molecule has 0 spiro atoms. The minimum atomic E-state index is -0.178. The second-order valence-electron chi connectivity index (χ2n) is 4.66. The third-order valence-corrected chi connectivity index (χ3v) is 4.07. The Morgan fingerprint density at radius 3 is 2.80 bits per heavy atom. The lowest BCUT2D eigenvalue weighted by molar-refractivity contribution is 0.0757. The molecular formula is C16H21NO2S. The highest BCUT2D eigenvalue weighted by Crippen LogP contribution is 2.16. The van der Waals surface area contributed by atoms with Gasteiger partial charge in [0.15, 0.2) is 0 Å². The van der Waals surface area contributed by atoms with E-state index in [1.807, 2.05) is 45.4 Å². The van der Waals surface area contributed by atoms with Crippen LogP contribution >= 0.6 is 11.8 Å². The van der Waals surface area contributed by atoms with Crippen molar-refractivity contribution in [3.63, 3.8) is 0 Å². The summed E-state index contributed by atoms with van der Waals surface area (Å²) in [5.41, 5.74) is 2.32. The number of rotatable bonds is 4. The summed E-state index contributed by atoms with van der Waals surface area (Å²) in [5.74, 6) is 6.42. The van der Waals surface area contributed by atoms with Gasteiger partial charge < -0.3 is 10.0 Å². The van der Waals surface area contributed by atoms with E-state index < -0.39 is 0 Å². The Hall–Kier alpha value is -1.44. The highest BCUT2D eigenvalue weighted by molar-refractivity contribution is 7.98. The molecule has 1 atom stereocenters. The normalized spacial score (nSPS) is 11.4. The molecule has 0 aliphatic heterocycles. The Kier molecular flexibility index (Phi) is 6.63. The SMILES string of the molecule is CSCC(C)N(C)C(=O)c1cccc(C#CCO)c1C. The molecule has 1 aromatic rings. The van der Waals surface area contributed by atoms with Gasteiger partial charge in [0.25, 0.3) is 5.91 Å². The summed E-state index contributed by atoms with van der Waals surface area (Å²) in [6.07, 6.45) is 2.03. The van der Waals surface area contributed by atoms with Crippen LogP contribution in [0, 0.1) is 18.8 Å². The van der Waals surface area contributed by atoms with Crippen molar-refractivity contribution in [3.8, 4) is 11.8 Å². The quantitative estimate of drug-likeness (QED) is 0.864. The zero-order valence-electron chi connectivity index (χ0n) is 12.4. The Morgan fingerprint density at radius 1 is 1.50 bits per heavy atom. The molecule has 0 heterocycles. The summed E-state index contributed by atoms with van der Waals surface area (Å²) in [6.45, 7) is 3.75. The van der Waals surface area contributed by atoms with Crippen molar-refractivity contribution in [2.75, 3.05) is 25.7 Å². The van der Waals surface area contributed by atoms with Gasteiger partial charge in [0, 0.05) is 30.0 Å². The van der Waals surface area contributed by atoms with E-state index in [4.69, 9.17) is 5.11 Å². The van der Waals surface area contributed by atoms with E-state index >= 15 is 0 Å². The van der Waals surface area contributed by atoms with Crippen LogP contribution in [0.2, 0.25) is 0 Å². The van der Waals surface area contributed by atoms with E-state index in [2.05, 4.69) is 11.8 Å². The summed E-state index contributed by atoms with van der Waals surface area (Å²) in [6, 6.07) is 5.70. The first-order valence-electron chi connectivity index (χ1n) is 6.48. The molecule has 0 bridgehead atoms. The lowest BCUT2D eigenvalue weighted by Crippen LogP contribution is -2.37. The first-order chi connectivity index (χ1) is 9.52. The van der Waals surface area contributed by atoms with Crippen molar-refractivity contribution in [1.29, 1.82) is 0 Å². The van der Waals surface area contributed by atoms with E-state index in [0.717, 1.165) is 16.9 Å². The fraction of sp³-hybridized carbons (Fsp3) is 0.438. The molecule has 0 saturated carbocycles. The van der Waals surface area contributed by atoms with E-state index in [9.17, 15) is 4.79 Å². The van der Waals surface area contributed by atoms with Gasteiger partial charge in [0.05, 0.1) is 0 Å². The molecule has 3 nitrogen and oxygen atoms in total. The van der Waals surface area contributed by atoms with Crippen LogP contribution in [-0.2, 0) is 0 Å². The molecule has 108 valence electrons. The Labute approximate surface area is 125 Å². The second-order valence-corrected chi connectivity index (χ2v) is 5.57. The number of carbonyl (C=O) groups is 1. The van der Waals surface area contributed by atoms with Crippen LogP contribution in [0.3, 0.4) is 0 Å². The molecule has 0 aliphatic rings. The molecule has 4 heteroatoms. The van der Waals surface area contributed by atoms with Gasteiger partial charge in [0.1, 0.15) is 6.61 Å². The lowest BCUT2D eigenvalue weighted by atomic mass is 10.0. The fourth-order valence-corrected chi connectivity index (χ4v) is 2.59. The van der Waals surface area contributed by atoms with Gasteiger partial charge in [0.2, 0.25) is 0 Å². The van der Waals surface area contributed by atoms with Crippen LogP contribution in [0.25, 0.3) is 0 Å². The number of benzene rings is 1. The molecule has 1 unspecified atom stereocenters. The van der Waals surface area contributed by atoms with E-state index in [0.29, 0.717) is 5.56 Å². The molecule has 1 N–H and O–H groups in total. The van der Waals surface area contributed by atoms with Gasteiger partial charge in [-0.15, -0.1) is 0 Å². The molecule has 1 aromatic carbocycles. The summed E-state index contributed by atoms with van der Waals surface area (Å²) >= 11 is 1.73. The number of nitrogens with zero attached hydrogens (tertiary/aromatic N) is 1. The predicted octanol–water partition coefficient (Wildman–Crippen LogP) is 2.16. The van der Waals surface area contributed by atoms with E-state index in [1.165, 1.54) is 0 Å². The van der Waals surface area contributed by atoms with Gasteiger partial charge in [-0.2, -0.15) is 11.8 Å². The summed E-state index contributed by atoms with van der Waals surface area (Å²) < 4.78 is 0. The van der Waals surface area contributed by atoms with Crippen LogP contribution < -0.4 is 0 Å². The third-order valence-electron chi connectivity index (χ3n) is 3.26. The Morgan fingerprint density at radius 2 is 2.20 bits per heavy atom. The largest absolute Gasteiger partial charge is 0.384 e. The van der Waals surface area contributed by atoms with Crippen LogP contribution in [0.5, 0.6) is 0 Å². The number of hydrogen-bond acceptors (Lipinski definition) is 3. The Bertz CT molecular complexity index is 531. The van der Waals surface area contributed by atoms with Crippen molar-refractivity contribution < 1.29 is 9.90 Å². The van der Waals surface area contributed by atoms with Gasteiger partial charge in [-0.25, -0.2) is 0 Å². The predicted molar refractivity (Wildman–Crippen MR) is 85.1 cm³/mol. The minimum Gasteiger partial charge on any atom is -0.384 e. The van der Waals surface area contributed by atoms with E-state index in [-0.39, 0.29) is 18.6 Å². The molecule has 0 radical (unpaired) electrons. The molecule has 0 saturated heterocycles. The second kappa shape index (κ2) is 7.98. The minimum absolute atomic E-state index is 0.0108. The average Bonchev–Trinajstić information content (AvgIpc) is 2.45. The van der Waals surface area contributed by atoms with Crippen molar-refractivity contribution in [3.05, 3.63) is 34.9 Å². The molecule has 1 amide bonds. The number of hydrogen-bond donors (Lipinski definition) is 1. The molecule has 0 aromatic heterocycles. The zero-order chi connectivity index (χ0) is 15.1. The lowest BCUT2D eigenvalue weighted by Gasteiger charge is -2.25. The van der Waals surface area contributed by atoms with Crippen molar-refractivity contribution in [2.45, 2.75) is 19.9 Å². The van der Waals surface area contributed by atoms with Crippen LogP contribution in [-0.4, -0.2) is 47.6 Å². The molecule has 0 fully saturated rings. The third kappa shape index (κ3) is 4.03. The van der Waals surface area contributed by atoms with Crippen molar-refractivity contribution in [2.24, 2.45) is 0 Å². The van der Waals surface area contributed by atoms with Crippen molar-refractivity contribution >= 4 is 17.7 Å². The summed E-state index contributed by atoms with van der Waals surface area (Å²) in [4.78, 5) is 14.3. The number of aliphatic hydroxyl groups is 1. The van der Waals surface area contributed by atoms with E-state index in [1.54, 1.807) is 16.7 Å². The maximum absolute atomic E-state index is 12.5. The van der Waals surface area contributed by atoms with Crippen LogP contribution in [0.4, 0.5) is 0 Å². The number of thioether (sulfide) groups is 1. The zero-order valence-corrected chi connectivity index (χ0v) is 13.3. The smallest absolute Gasteiger partial charge is 0.254 e.